The summed E-state index contributed by atoms with van der Waals surface area (Å²) in [6.45, 7) is 2.18. The van der Waals surface area contributed by atoms with Crippen LogP contribution in [0.15, 0.2) is 65.1 Å². The standard InChI is InChI=1S/C32H29FN2O5/c1-17-22-15-32(17,16-22)35-30(37)20-6-4-5-19(11-20)24-14-25-26(12-21(24)13-27(36)39-3)40-29(28(25)31(38)34-2)18-7-9-23(33)10-8-18/h4-12,14,17,22H,13,15-16H2,1-3H3,(H,34,38)(H,35,37). The van der Waals surface area contributed by atoms with Crippen molar-refractivity contribution in [3.8, 4) is 22.5 Å². The van der Waals surface area contributed by atoms with Crippen LogP contribution in [0.4, 0.5) is 4.39 Å². The van der Waals surface area contributed by atoms with Gasteiger partial charge >= 0.3 is 5.97 Å². The van der Waals surface area contributed by atoms with Crippen LogP contribution >= 0.6 is 0 Å². The zero-order chi connectivity index (χ0) is 28.2. The lowest BCUT2D eigenvalue weighted by molar-refractivity contribution is -0.139. The van der Waals surface area contributed by atoms with Crippen molar-refractivity contribution in [3.05, 3.63) is 83.2 Å². The number of esters is 1. The van der Waals surface area contributed by atoms with Gasteiger partial charge in [-0.1, -0.05) is 19.1 Å². The molecular formula is C32H29FN2O5. The number of rotatable bonds is 7. The number of carbonyl (C=O) groups is 3. The molecule has 1 atom stereocenters. The van der Waals surface area contributed by atoms with E-state index in [0.29, 0.717) is 56.2 Å². The van der Waals surface area contributed by atoms with Gasteiger partial charge in [0, 0.05) is 29.1 Å². The quantitative estimate of drug-likeness (QED) is 0.301. The molecule has 8 heteroatoms. The second-order valence-electron chi connectivity index (χ2n) is 10.8. The van der Waals surface area contributed by atoms with E-state index in [1.807, 2.05) is 6.07 Å². The third-order valence-electron chi connectivity index (χ3n) is 8.67. The fourth-order valence-electron chi connectivity index (χ4n) is 6.06. The molecule has 2 amide bonds. The zero-order valence-electron chi connectivity index (χ0n) is 22.5. The molecule has 0 aliphatic heterocycles. The molecule has 3 fully saturated rings. The van der Waals surface area contributed by atoms with E-state index in [9.17, 15) is 18.8 Å². The van der Waals surface area contributed by atoms with Gasteiger partial charge in [-0.25, -0.2) is 4.39 Å². The van der Waals surface area contributed by atoms with Gasteiger partial charge in [0.15, 0.2) is 0 Å². The number of benzene rings is 3. The second kappa shape index (κ2) is 9.62. The Labute approximate surface area is 230 Å². The molecule has 1 heterocycles. The number of nitrogens with one attached hydrogen (secondary N) is 2. The van der Waals surface area contributed by atoms with Crippen LogP contribution in [0.25, 0.3) is 33.4 Å². The Bertz CT molecular complexity index is 1670. The van der Waals surface area contributed by atoms with Gasteiger partial charge in [-0.05, 0) is 89.9 Å². The third kappa shape index (κ3) is 4.15. The van der Waals surface area contributed by atoms with E-state index in [1.165, 1.54) is 26.3 Å². The molecule has 4 aromatic rings. The molecule has 2 N–H and O–H groups in total. The van der Waals surface area contributed by atoms with Crippen LogP contribution in [-0.4, -0.2) is 37.5 Å². The number of halogens is 1. The summed E-state index contributed by atoms with van der Waals surface area (Å²) in [7, 11) is 2.84. The second-order valence-corrected chi connectivity index (χ2v) is 10.8. The Morgan fingerprint density at radius 3 is 2.40 bits per heavy atom. The van der Waals surface area contributed by atoms with Crippen LogP contribution in [0, 0.1) is 17.7 Å². The maximum absolute atomic E-state index is 13.6. The summed E-state index contributed by atoms with van der Waals surface area (Å²) in [5.74, 6) is 0.148. The van der Waals surface area contributed by atoms with E-state index in [1.54, 1.807) is 42.5 Å². The van der Waals surface area contributed by atoms with Crippen LogP contribution in [-0.2, 0) is 16.0 Å². The van der Waals surface area contributed by atoms with Crippen LogP contribution in [0.3, 0.4) is 0 Å². The molecule has 2 bridgehead atoms. The van der Waals surface area contributed by atoms with Crippen molar-refractivity contribution < 1.29 is 27.9 Å². The molecule has 1 unspecified atom stereocenters. The van der Waals surface area contributed by atoms with Gasteiger partial charge in [-0.15, -0.1) is 0 Å². The molecule has 3 saturated carbocycles. The highest BCUT2D eigenvalue weighted by Crippen LogP contribution is 2.61. The number of hydrogen-bond donors (Lipinski definition) is 2. The fraction of sp³-hybridized carbons (Fsp3) is 0.281. The summed E-state index contributed by atoms with van der Waals surface area (Å²) < 4.78 is 24.7. The average Bonchev–Trinajstić information content (AvgIpc) is 3.32. The monoisotopic (exact) mass is 540 g/mol. The highest BCUT2D eigenvalue weighted by molar-refractivity contribution is 6.12. The fourth-order valence-corrected chi connectivity index (χ4v) is 6.06. The summed E-state index contributed by atoms with van der Waals surface area (Å²) in [6, 6.07) is 16.5. The number of furan rings is 1. The van der Waals surface area contributed by atoms with Crippen molar-refractivity contribution in [2.24, 2.45) is 11.8 Å². The number of amides is 2. The summed E-state index contributed by atoms with van der Waals surface area (Å²) in [4.78, 5) is 38.7. The SMILES string of the molecule is CNC(=O)c1c(-c2ccc(F)cc2)oc2cc(CC(=O)OC)c(-c3cccc(C(=O)NC45CC(C4)C5C)c3)cc12. The van der Waals surface area contributed by atoms with Gasteiger partial charge < -0.3 is 19.8 Å². The summed E-state index contributed by atoms with van der Waals surface area (Å²) in [6.07, 6.45) is 2.01. The first-order valence-corrected chi connectivity index (χ1v) is 13.3. The lowest BCUT2D eigenvalue weighted by Gasteiger charge is -2.67. The minimum absolute atomic E-state index is 0.0396. The van der Waals surface area contributed by atoms with E-state index in [-0.39, 0.29) is 29.5 Å². The van der Waals surface area contributed by atoms with Crippen LogP contribution < -0.4 is 10.6 Å². The van der Waals surface area contributed by atoms with E-state index < -0.39 is 11.8 Å². The molecule has 204 valence electrons. The zero-order valence-corrected chi connectivity index (χ0v) is 22.5. The molecule has 0 saturated heterocycles. The molecule has 0 radical (unpaired) electrons. The summed E-state index contributed by atoms with van der Waals surface area (Å²) in [5.41, 5.74) is 3.65. The number of ether oxygens (including phenoxy) is 1. The first kappa shape index (κ1) is 25.8. The molecule has 7 nitrogen and oxygen atoms in total. The first-order valence-electron chi connectivity index (χ1n) is 13.3. The molecule has 7 rings (SSSR count). The summed E-state index contributed by atoms with van der Waals surface area (Å²) >= 11 is 0. The van der Waals surface area contributed by atoms with Gasteiger partial charge in [0.05, 0.1) is 19.1 Å². The van der Waals surface area contributed by atoms with Gasteiger partial charge in [-0.3, -0.25) is 14.4 Å². The number of methoxy groups -OCH3 is 1. The highest BCUT2D eigenvalue weighted by atomic mass is 19.1. The Morgan fingerprint density at radius 2 is 1.77 bits per heavy atom. The predicted molar refractivity (Wildman–Crippen MR) is 148 cm³/mol. The van der Waals surface area contributed by atoms with Crippen LogP contribution in [0.1, 0.15) is 46.0 Å². The lowest BCUT2D eigenvalue weighted by Crippen LogP contribution is -2.74. The van der Waals surface area contributed by atoms with Crippen molar-refractivity contribution in [1.29, 1.82) is 0 Å². The minimum atomic E-state index is -0.441. The molecule has 3 aliphatic carbocycles. The largest absolute Gasteiger partial charge is 0.469 e. The van der Waals surface area contributed by atoms with Gasteiger partial charge in [0.1, 0.15) is 17.2 Å². The van der Waals surface area contributed by atoms with Gasteiger partial charge in [-0.2, -0.15) is 0 Å². The molecular weight excluding hydrogens is 511 g/mol. The van der Waals surface area contributed by atoms with Crippen molar-refractivity contribution in [2.75, 3.05) is 14.2 Å². The molecule has 0 spiro atoms. The maximum atomic E-state index is 13.6. The predicted octanol–water partition coefficient (Wildman–Crippen LogP) is 5.51. The highest BCUT2D eigenvalue weighted by Gasteiger charge is 2.63. The Kier molecular flexibility index (Phi) is 6.21. The van der Waals surface area contributed by atoms with Crippen LogP contribution in [0.2, 0.25) is 0 Å². The Hall–Kier alpha value is -4.46. The molecule has 3 aliphatic rings. The topological polar surface area (TPSA) is 97.6 Å². The van der Waals surface area contributed by atoms with E-state index in [4.69, 9.17) is 9.15 Å². The number of hydrogen-bond acceptors (Lipinski definition) is 5. The normalized spacial score (nSPS) is 20.8. The molecule has 1 aromatic heterocycles. The first-order chi connectivity index (χ1) is 19.2. The lowest BCUT2D eigenvalue weighted by atomic mass is 9.43. The smallest absolute Gasteiger partial charge is 0.310 e. The molecule has 3 aromatic carbocycles. The van der Waals surface area contributed by atoms with Gasteiger partial charge in [0.2, 0.25) is 0 Å². The third-order valence-corrected chi connectivity index (χ3v) is 8.67. The molecule has 40 heavy (non-hydrogen) atoms. The van der Waals surface area contributed by atoms with E-state index in [0.717, 1.165) is 12.8 Å². The number of carbonyl (C=O) groups excluding carboxylic acids is 3. The van der Waals surface area contributed by atoms with Crippen molar-refractivity contribution in [3.63, 3.8) is 0 Å². The van der Waals surface area contributed by atoms with Crippen molar-refractivity contribution >= 4 is 28.8 Å². The summed E-state index contributed by atoms with van der Waals surface area (Å²) in [5, 5.41) is 6.43. The Balaban J connectivity index is 1.47. The van der Waals surface area contributed by atoms with Gasteiger partial charge in [0.25, 0.3) is 11.8 Å². The average molecular weight is 541 g/mol. The van der Waals surface area contributed by atoms with E-state index in [2.05, 4.69) is 17.6 Å². The maximum Gasteiger partial charge on any atom is 0.310 e. The number of fused-ring (bicyclic) bond motifs is 1. The van der Waals surface area contributed by atoms with E-state index >= 15 is 0 Å². The van der Waals surface area contributed by atoms with Crippen molar-refractivity contribution in [1.82, 2.24) is 10.6 Å². The Morgan fingerprint density at radius 1 is 1.02 bits per heavy atom. The van der Waals surface area contributed by atoms with Crippen molar-refractivity contribution in [2.45, 2.75) is 31.7 Å². The minimum Gasteiger partial charge on any atom is -0.469 e. The van der Waals surface area contributed by atoms with Crippen LogP contribution in [0.5, 0.6) is 0 Å².